The Morgan fingerprint density at radius 1 is 1.50 bits per heavy atom. The molecule has 0 spiro atoms. The molecular formula is C7H8INO. The van der Waals surface area contributed by atoms with Gasteiger partial charge in [0.15, 0.2) is 23.0 Å². The molecule has 0 aliphatic heterocycles. The molecule has 0 heterocycles. The Bertz CT molecular complexity index is 237. The maximum Gasteiger partial charge on any atom is 0.192 e. The Hall–Kier alpha value is -0.450. The summed E-state index contributed by atoms with van der Waals surface area (Å²) in [7, 11) is 0. The van der Waals surface area contributed by atoms with E-state index in [9.17, 15) is 0 Å². The molecule has 0 atom stereocenters. The summed E-state index contributed by atoms with van der Waals surface area (Å²) in [6.07, 6.45) is 0. The van der Waals surface area contributed by atoms with Crippen LogP contribution < -0.4 is 8.80 Å². The van der Waals surface area contributed by atoms with Gasteiger partial charge in [-0.2, -0.15) is 0 Å². The lowest BCUT2D eigenvalue weighted by Gasteiger charge is -2.01. The highest BCUT2D eigenvalue weighted by molar-refractivity contribution is 14.1. The number of aryl methyl sites for hydroxylation is 1. The van der Waals surface area contributed by atoms with Crippen molar-refractivity contribution >= 4 is 28.7 Å². The summed E-state index contributed by atoms with van der Waals surface area (Å²) in [5.74, 6) is 0.870. The average Bonchev–Trinajstić information content (AvgIpc) is 1.88. The second-order valence-corrected chi connectivity index (χ2v) is 2.54. The van der Waals surface area contributed by atoms with E-state index in [0.29, 0.717) is 0 Å². The third-order valence-electron chi connectivity index (χ3n) is 1.28. The molecule has 0 radical (unpaired) electrons. The smallest absolute Gasteiger partial charge is 0.192 e. The zero-order valence-electron chi connectivity index (χ0n) is 5.60. The van der Waals surface area contributed by atoms with Crippen molar-refractivity contribution in [1.29, 1.82) is 0 Å². The van der Waals surface area contributed by atoms with Gasteiger partial charge in [-0.25, -0.2) is 0 Å². The first-order valence-electron chi connectivity index (χ1n) is 2.89. The first-order chi connectivity index (χ1) is 4.74. The Kier molecular flexibility index (Phi) is 2.37. The standard InChI is InChI=1S/C7H8INO/c1-5-4-6(9)2-3-7(5)10-8/h2-4H,9H2,1H3. The van der Waals surface area contributed by atoms with Crippen molar-refractivity contribution in [2.75, 3.05) is 5.73 Å². The second kappa shape index (κ2) is 3.09. The number of halogens is 1. The summed E-state index contributed by atoms with van der Waals surface area (Å²) in [6, 6.07) is 5.56. The molecule has 10 heavy (non-hydrogen) atoms. The molecule has 0 aliphatic rings. The monoisotopic (exact) mass is 249 g/mol. The molecule has 1 aromatic carbocycles. The van der Waals surface area contributed by atoms with E-state index in [2.05, 4.69) is 0 Å². The van der Waals surface area contributed by atoms with E-state index >= 15 is 0 Å². The lowest BCUT2D eigenvalue weighted by Crippen LogP contribution is -1.86. The fourth-order valence-electron chi connectivity index (χ4n) is 0.759. The zero-order valence-corrected chi connectivity index (χ0v) is 7.75. The summed E-state index contributed by atoms with van der Waals surface area (Å²) in [5.41, 5.74) is 7.36. The lowest BCUT2D eigenvalue weighted by molar-refractivity contribution is 0.709. The molecular weight excluding hydrogens is 241 g/mol. The molecule has 1 aromatic rings. The number of nitrogens with two attached hydrogens (primary N) is 1. The van der Waals surface area contributed by atoms with Crippen LogP contribution in [0.25, 0.3) is 0 Å². The summed E-state index contributed by atoms with van der Waals surface area (Å²) in [5, 5.41) is 0. The molecule has 0 fully saturated rings. The van der Waals surface area contributed by atoms with Crippen molar-refractivity contribution in [3.63, 3.8) is 0 Å². The Morgan fingerprint density at radius 3 is 2.70 bits per heavy atom. The Balaban J connectivity index is 3.07. The number of hydrogen-bond donors (Lipinski definition) is 1. The molecule has 0 unspecified atom stereocenters. The van der Waals surface area contributed by atoms with Gasteiger partial charge in [-0.15, -0.1) is 0 Å². The summed E-state index contributed by atoms with van der Waals surface area (Å²) in [6.45, 7) is 1.96. The van der Waals surface area contributed by atoms with Crippen LogP contribution >= 0.6 is 23.0 Å². The lowest BCUT2D eigenvalue weighted by atomic mass is 10.2. The van der Waals surface area contributed by atoms with Gasteiger partial charge in [0.05, 0.1) is 0 Å². The fourth-order valence-corrected chi connectivity index (χ4v) is 1.25. The minimum Gasteiger partial charge on any atom is -0.427 e. The van der Waals surface area contributed by atoms with Gasteiger partial charge in [0, 0.05) is 5.69 Å². The third-order valence-corrected chi connectivity index (χ3v) is 1.76. The minimum absolute atomic E-state index is 0.773. The number of hydrogen-bond acceptors (Lipinski definition) is 2. The van der Waals surface area contributed by atoms with E-state index in [-0.39, 0.29) is 0 Å². The van der Waals surface area contributed by atoms with Crippen LogP contribution in [0, 0.1) is 6.92 Å². The van der Waals surface area contributed by atoms with Gasteiger partial charge in [-0.3, -0.25) is 0 Å². The van der Waals surface area contributed by atoms with E-state index in [1.807, 2.05) is 48.1 Å². The van der Waals surface area contributed by atoms with Gasteiger partial charge in [0.1, 0.15) is 5.75 Å². The van der Waals surface area contributed by atoms with Crippen LogP contribution in [0.3, 0.4) is 0 Å². The van der Waals surface area contributed by atoms with Crippen LogP contribution in [0.15, 0.2) is 18.2 Å². The first-order valence-corrected chi connectivity index (χ1v) is 3.77. The van der Waals surface area contributed by atoms with Crippen molar-refractivity contribution in [3.05, 3.63) is 23.8 Å². The van der Waals surface area contributed by atoms with Gasteiger partial charge in [0.25, 0.3) is 0 Å². The molecule has 0 aliphatic carbocycles. The van der Waals surface area contributed by atoms with E-state index in [0.717, 1.165) is 17.0 Å². The molecule has 0 saturated heterocycles. The summed E-state index contributed by atoms with van der Waals surface area (Å²) in [4.78, 5) is 0. The maximum atomic E-state index is 5.52. The summed E-state index contributed by atoms with van der Waals surface area (Å²) >= 11 is 1.85. The van der Waals surface area contributed by atoms with Gasteiger partial charge < -0.3 is 8.80 Å². The predicted octanol–water partition coefficient (Wildman–Crippen LogP) is 2.31. The highest BCUT2D eigenvalue weighted by atomic mass is 127. The van der Waals surface area contributed by atoms with Crippen molar-refractivity contribution < 1.29 is 3.07 Å². The molecule has 1 rings (SSSR count). The number of nitrogen functional groups attached to an aromatic ring is 1. The number of rotatable bonds is 1. The van der Waals surface area contributed by atoms with Crippen LogP contribution in [0.4, 0.5) is 5.69 Å². The van der Waals surface area contributed by atoms with Gasteiger partial charge in [0.2, 0.25) is 0 Å². The molecule has 3 heteroatoms. The zero-order chi connectivity index (χ0) is 7.56. The topological polar surface area (TPSA) is 35.2 Å². The molecule has 0 bridgehead atoms. The van der Waals surface area contributed by atoms with E-state index < -0.39 is 0 Å². The maximum absolute atomic E-state index is 5.52. The summed E-state index contributed by atoms with van der Waals surface area (Å²) < 4.78 is 5.01. The van der Waals surface area contributed by atoms with Gasteiger partial charge >= 0.3 is 0 Å². The minimum atomic E-state index is 0.773. The van der Waals surface area contributed by atoms with Gasteiger partial charge in [-0.05, 0) is 30.7 Å². The molecule has 54 valence electrons. The van der Waals surface area contributed by atoms with Crippen molar-refractivity contribution in [2.45, 2.75) is 6.92 Å². The highest BCUT2D eigenvalue weighted by Crippen LogP contribution is 2.21. The van der Waals surface area contributed by atoms with Crippen LogP contribution in [-0.4, -0.2) is 0 Å². The second-order valence-electron chi connectivity index (χ2n) is 2.10. The van der Waals surface area contributed by atoms with E-state index in [1.165, 1.54) is 0 Å². The van der Waals surface area contributed by atoms with Crippen molar-refractivity contribution in [3.8, 4) is 5.75 Å². The quantitative estimate of drug-likeness (QED) is 0.612. The van der Waals surface area contributed by atoms with Crippen LogP contribution in [0.5, 0.6) is 5.75 Å². The number of anilines is 1. The fraction of sp³-hybridized carbons (Fsp3) is 0.143. The molecule has 2 nitrogen and oxygen atoms in total. The van der Waals surface area contributed by atoms with Crippen molar-refractivity contribution in [2.24, 2.45) is 0 Å². The largest absolute Gasteiger partial charge is 0.427 e. The van der Waals surface area contributed by atoms with Crippen LogP contribution in [0.1, 0.15) is 5.56 Å². The van der Waals surface area contributed by atoms with E-state index in [1.54, 1.807) is 0 Å². The Labute approximate surface area is 74.1 Å². The van der Waals surface area contributed by atoms with Crippen LogP contribution in [-0.2, 0) is 0 Å². The normalized spacial score (nSPS) is 9.40. The van der Waals surface area contributed by atoms with Crippen molar-refractivity contribution in [1.82, 2.24) is 0 Å². The molecule has 0 saturated carbocycles. The SMILES string of the molecule is Cc1cc(N)ccc1OI. The van der Waals surface area contributed by atoms with Crippen LogP contribution in [0.2, 0.25) is 0 Å². The van der Waals surface area contributed by atoms with Gasteiger partial charge in [-0.1, -0.05) is 0 Å². The third kappa shape index (κ3) is 1.53. The predicted molar refractivity (Wildman–Crippen MR) is 50.2 cm³/mol. The molecule has 0 aromatic heterocycles. The Morgan fingerprint density at radius 2 is 2.20 bits per heavy atom. The molecule has 0 amide bonds. The average molecular weight is 249 g/mol. The molecule has 2 N–H and O–H groups in total. The number of benzene rings is 1. The van der Waals surface area contributed by atoms with E-state index in [4.69, 9.17) is 8.80 Å². The highest BCUT2D eigenvalue weighted by Gasteiger charge is 1.96. The first kappa shape index (κ1) is 7.65.